The maximum atomic E-state index is 12.3. The monoisotopic (exact) mass is 268 g/mol. The van der Waals surface area contributed by atoms with E-state index in [1.807, 2.05) is 48.2 Å². The number of anilines is 1. The summed E-state index contributed by atoms with van der Waals surface area (Å²) in [5.41, 5.74) is 1.75. The molecule has 0 saturated heterocycles. The van der Waals surface area contributed by atoms with Gasteiger partial charge in [0, 0.05) is 44.3 Å². The smallest absolute Gasteiger partial charge is 0.253 e. The number of carbonyl (C=O) groups excluding carboxylic acids is 1. The standard InChI is InChI=1S/C14H21ClN2O/c1-4-9-17(10-8-15)14(18)12-6-5-7-13(11-12)16(2)3/h5-7,11H,4,8-10H2,1-3H3. The molecule has 0 N–H and O–H groups in total. The lowest BCUT2D eigenvalue weighted by molar-refractivity contribution is 0.0765. The van der Waals surface area contributed by atoms with Crippen LogP contribution in [0.25, 0.3) is 0 Å². The predicted octanol–water partition coefficient (Wildman–Crippen LogP) is 2.84. The van der Waals surface area contributed by atoms with E-state index in [0.29, 0.717) is 12.4 Å². The molecule has 4 heteroatoms. The highest BCUT2D eigenvalue weighted by molar-refractivity contribution is 6.18. The number of halogens is 1. The minimum Gasteiger partial charge on any atom is -0.378 e. The van der Waals surface area contributed by atoms with Crippen LogP contribution in [0.1, 0.15) is 23.7 Å². The lowest BCUT2D eigenvalue weighted by Crippen LogP contribution is -2.33. The molecule has 0 radical (unpaired) electrons. The minimum atomic E-state index is 0.0567. The summed E-state index contributed by atoms with van der Waals surface area (Å²) in [6.45, 7) is 3.41. The van der Waals surface area contributed by atoms with Crippen molar-refractivity contribution in [3.05, 3.63) is 29.8 Å². The number of nitrogens with zero attached hydrogens (tertiary/aromatic N) is 2. The van der Waals surface area contributed by atoms with E-state index in [2.05, 4.69) is 6.92 Å². The Kier molecular flexibility index (Phi) is 5.99. The molecule has 0 unspecified atom stereocenters. The molecule has 1 rings (SSSR count). The summed E-state index contributed by atoms with van der Waals surface area (Å²) < 4.78 is 0. The van der Waals surface area contributed by atoms with Crippen LogP contribution in [-0.2, 0) is 0 Å². The summed E-state index contributed by atoms with van der Waals surface area (Å²) in [6.07, 6.45) is 0.940. The highest BCUT2D eigenvalue weighted by Gasteiger charge is 2.14. The van der Waals surface area contributed by atoms with Crippen LogP contribution in [0, 0.1) is 0 Å². The van der Waals surface area contributed by atoms with E-state index in [4.69, 9.17) is 11.6 Å². The van der Waals surface area contributed by atoms with Crippen molar-refractivity contribution in [2.75, 3.05) is 38.0 Å². The summed E-state index contributed by atoms with van der Waals surface area (Å²) in [5, 5.41) is 0. The van der Waals surface area contributed by atoms with Crippen LogP contribution in [0.4, 0.5) is 5.69 Å². The van der Waals surface area contributed by atoms with Gasteiger partial charge in [0.2, 0.25) is 0 Å². The van der Waals surface area contributed by atoms with Crippen LogP contribution in [0.15, 0.2) is 24.3 Å². The SMILES string of the molecule is CCCN(CCCl)C(=O)c1cccc(N(C)C)c1. The van der Waals surface area contributed by atoms with E-state index in [-0.39, 0.29) is 5.91 Å². The van der Waals surface area contributed by atoms with Crippen molar-refractivity contribution in [2.24, 2.45) is 0 Å². The molecule has 0 spiro atoms. The number of amides is 1. The summed E-state index contributed by atoms with van der Waals surface area (Å²) in [5.74, 6) is 0.528. The van der Waals surface area contributed by atoms with Gasteiger partial charge in [0.15, 0.2) is 0 Å². The van der Waals surface area contributed by atoms with Gasteiger partial charge in [-0.2, -0.15) is 0 Å². The quantitative estimate of drug-likeness (QED) is 0.741. The van der Waals surface area contributed by atoms with Crippen molar-refractivity contribution in [3.8, 4) is 0 Å². The zero-order valence-corrected chi connectivity index (χ0v) is 12.1. The molecular formula is C14H21ClN2O. The Morgan fingerprint density at radius 3 is 2.56 bits per heavy atom. The van der Waals surface area contributed by atoms with E-state index < -0.39 is 0 Å². The molecule has 0 aliphatic rings. The topological polar surface area (TPSA) is 23.6 Å². The number of hydrogen-bond acceptors (Lipinski definition) is 2. The maximum Gasteiger partial charge on any atom is 0.253 e. The maximum absolute atomic E-state index is 12.3. The summed E-state index contributed by atoms with van der Waals surface area (Å²) in [6, 6.07) is 7.67. The molecule has 0 atom stereocenters. The van der Waals surface area contributed by atoms with Gasteiger partial charge in [0.1, 0.15) is 0 Å². The second-order valence-electron chi connectivity index (χ2n) is 4.43. The van der Waals surface area contributed by atoms with E-state index in [1.54, 1.807) is 0 Å². The number of rotatable bonds is 6. The highest BCUT2D eigenvalue weighted by atomic mass is 35.5. The van der Waals surface area contributed by atoms with Gasteiger partial charge in [-0.25, -0.2) is 0 Å². The molecule has 0 heterocycles. The Hall–Kier alpha value is -1.22. The van der Waals surface area contributed by atoms with E-state index in [0.717, 1.165) is 24.2 Å². The van der Waals surface area contributed by atoms with Gasteiger partial charge in [0.05, 0.1) is 0 Å². The Bertz CT molecular complexity index is 387. The molecule has 100 valence electrons. The fourth-order valence-corrected chi connectivity index (χ4v) is 1.99. The molecular weight excluding hydrogens is 248 g/mol. The molecule has 0 aliphatic heterocycles. The molecule has 0 aromatic heterocycles. The zero-order chi connectivity index (χ0) is 13.5. The van der Waals surface area contributed by atoms with E-state index in [1.165, 1.54) is 0 Å². The van der Waals surface area contributed by atoms with Crippen LogP contribution < -0.4 is 4.90 Å². The summed E-state index contributed by atoms with van der Waals surface area (Å²) in [7, 11) is 3.93. The van der Waals surface area contributed by atoms with Crippen molar-refractivity contribution in [1.82, 2.24) is 4.90 Å². The average molecular weight is 269 g/mol. The first kappa shape index (κ1) is 14.8. The molecule has 0 bridgehead atoms. The van der Waals surface area contributed by atoms with Crippen molar-refractivity contribution in [3.63, 3.8) is 0 Å². The summed E-state index contributed by atoms with van der Waals surface area (Å²) in [4.78, 5) is 16.1. The van der Waals surface area contributed by atoms with Gasteiger partial charge < -0.3 is 9.80 Å². The first-order valence-electron chi connectivity index (χ1n) is 6.22. The molecule has 18 heavy (non-hydrogen) atoms. The number of hydrogen-bond donors (Lipinski definition) is 0. The van der Waals surface area contributed by atoms with Gasteiger partial charge in [-0.15, -0.1) is 11.6 Å². The van der Waals surface area contributed by atoms with Gasteiger partial charge in [0.25, 0.3) is 5.91 Å². The third kappa shape index (κ3) is 3.91. The number of carbonyl (C=O) groups is 1. The lowest BCUT2D eigenvalue weighted by Gasteiger charge is -2.22. The fraction of sp³-hybridized carbons (Fsp3) is 0.500. The molecule has 1 amide bonds. The van der Waals surface area contributed by atoms with Gasteiger partial charge >= 0.3 is 0 Å². The molecule has 0 saturated carbocycles. The van der Waals surface area contributed by atoms with Gasteiger partial charge in [-0.1, -0.05) is 13.0 Å². The van der Waals surface area contributed by atoms with Crippen molar-refractivity contribution in [1.29, 1.82) is 0 Å². The fourth-order valence-electron chi connectivity index (χ4n) is 1.79. The lowest BCUT2D eigenvalue weighted by atomic mass is 10.1. The van der Waals surface area contributed by atoms with Gasteiger partial charge in [-0.3, -0.25) is 4.79 Å². The Morgan fingerprint density at radius 2 is 2.00 bits per heavy atom. The second-order valence-corrected chi connectivity index (χ2v) is 4.80. The Morgan fingerprint density at radius 1 is 1.28 bits per heavy atom. The van der Waals surface area contributed by atoms with Crippen molar-refractivity contribution in [2.45, 2.75) is 13.3 Å². The normalized spacial score (nSPS) is 10.2. The third-order valence-electron chi connectivity index (χ3n) is 2.74. The van der Waals surface area contributed by atoms with Crippen molar-refractivity contribution >= 4 is 23.2 Å². The highest BCUT2D eigenvalue weighted by Crippen LogP contribution is 2.15. The first-order valence-corrected chi connectivity index (χ1v) is 6.76. The van der Waals surface area contributed by atoms with Crippen LogP contribution >= 0.6 is 11.6 Å². The predicted molar refractivity (Wildman–Crippen MR) is 77.7 cm³/mol. The zero-order valence-electron chi connectivity index (χ0n) is 11.3. The van der Waals surface area contributed by atoms with Crippen molar-refractivity contribution < 1.29 is 4.79 Å². The number of alkyl halides is 1. The first-order chi connectivity index (χ1) is 8.60. The minimum absolute atomic E-state index is 0.0567. The molecule has 1 aromatic rings. The van der Waals surface area contributed by atoms with Crippen LogP contribution in [0.2, 0.25) is 0 Å². The van der Waals surface area contributed by atoms with Crippen LogP contribution in [0.3, 0.4) is 0 Å². The molecule has 0 fully saturated rings. The Labute approximate surface area is 114 Å². The molecule has 0 aliphatic carbocycles. The second kappa shape index (κ2) is 7.27. The van der Waals surface area contributed by atoms with Gasteiger partial charge in [-0.05, 0) is 24.6 Å². The van der Waals surface area contributed by atoms with E-state index >= 15 is 0 Å². The number of benzene rings is 1. The summed E-state index contributed by atoms with van der Waals surface area (Å²) >= 11 is 5.74. The van der Waals surface area contributed by atoms with E-state index in [9.17, 15) is 4.79 Å². The van der Waals surface area contributed by atoms with Crippen LogP contribution in [0.5, 0.6) is 0 Å². The largest absolute Gasteiger partial charge is 0.378 e. The van der Waals surface area contributed by atoms with Crippen LogP contribution in [-0.4, -0.2) is 43.9 Å². The third-order valence-corrected chi connectivity index (χ3v) is 2.91. The molecule has 3 nitrogen and oxygen atoms in total. The average Bonchev–Trinajstić information content (AvgIpc) is 2.38. The Balaban J connectivity index is 2.90. The molecule has 1 aromatic carbocycles.